The highest BCUT2D eigenvalue weighted by molar-refractivity contribution is 7.91. The lowest BCUT2D eigenvalue weighted by molar-refractivity contribution is 0.374. The van der Waals surface area contributed by atoms with Crippen LogP contribution in [-0.4, -0.2) is 30.6 Å². The van der Waals surface area contributed by atoms with Crippen LogP contribution in [0.1, 0.15) is 0 Å². The summed E-state index contributed by atoms with van der Waals surface area (Å²) in [7, 11) is -2.11. The average Bonchev–Trinajstić information content (AvgIpc) is 2.75. The molecule has 0 aliphatic carbocycles. The number of hydrogen-bond acceptors (Lipinski definition) is 7. The van der Waals surface area contributed by atoms with Gasteiger partial charge in [0.05, 0.1) is 22.4 Å². The van der Waals surface area contributed by atoms with Gasteiger partial charge in [0.15, 0.2) is 11.5 Å². The molecule has 3 aromatic carbocycles. The van der Waals surface area contributed by atoms with Gasteiger partial charge in [-0.2, -0.15) is 0 Å². The van der Waals surface area contributed by atoms with Crippen LogP contribution in [-0.2, 0) is 9.84 Å². The van der Waals surface area contributed by atoms with Crippen LogP contribution >= 0.6 is 0 Å². The van der Waals surface area contributed by atoms with Crippen LogP contribution in [0.5, 0.6) is 11.5 Å². The van der Waals surface area contributed by atoms with E-state index in [4.69, 9.17) is 4.74 Å². The van der Waals surface area contributed by atoms with E-state index in [1.165, 1.54) is 31.6 Å². The Balaban J connectivity index is 1.65. The van der Waals surface area contributed by atoms with Crippen molar-refractivity contribution in [2.45, 2.75) is 9.79 Å². The molecule has 0 fully saturated rings. The molecule has 0 spiro atoms. The van der Waals surface area contributed by atoms with Crippen molar-refractivity contribution in [3.63, 3.8) is 0 Å². The molecule has 1 aromatic heterocycles. The van der Waals surface area contributed by atoms with Crippen molar-refractivity contribution in [2.75, 3.05) is 12.4 Å². The molecule has 29 heavy (non-hydrogen) atoms. The molecule has 4 rings (SSSR count). The summed E-state index contributed by atoms with van der Waals surface area (Å²) < 4.78 is 30.5. The molecule has 8 heteroatoms. The van der Waals surface area contributed by atoms with Gasteiger partial charge in [0.25, 0.3) is 0 Å². The molecule has 2 N–H and O–H groups in total. The molecule has 0 atom stereocenters. The van der Waals surface area contributed by atoms with E-state index in [0.717, 1.165) is 0 Å². The molecule has 4 aromatic rings. The molecule has 146 valence electrons. The summed E-state index contributed by atoms with van der Waals surface area (Å²) in [6.07, 6.45) is 1.40. The molecule has 0 radical (unpaired) electrons. The van der Waals surface area contributed by atoms with Gasteiger partial charge in [-0.1, -0.05) is 18.2 Å². The maximum atomic E-state index is 12.7. The lowest BCUT2D eigenvalue weighted by Crippen LogP contribution is -2.02. The first-order valence-corrected chi connectivity index (χ1v) is 10.2. The van der Waals surface area contributed by atoms with Crippen LogP contribution in [0.2, 0.25) is 0 Å². The summed E-state index contributed by atoms with van der Waals surface area (Å²) in [5.74, 6) is 0.770. The minimum absolute atomic E-state index is 0.0258. The highest BCUT2D eigenvalue weighted by Crippen LogP contribution is 2.33. The summed E-state index contributed by atoms with van der Waals surface area (Å²) in [5.41, 5.74) is 1.24. The summed E-state index contributed by atoms with van der Waals surface area (Å²) in [5, 5.41) is 13.8. The Labute approximate surface area is 167 Å². The maximum Gasteiger partial charge on any atom is 0.206 e. The Morgan fingerprint density at radius 2 is 1.62 bits per heavy atom. The topological polar surface area (TPSA) is 101 Å². The van der Waals surface area contributed by atoms with Crippen molar-refractivity contribution in [1.82, 2.24) is 9.97 Å². The predicted molar refractivity (Wildman–Crippen MR) is 109 cm³/mol. The molecule has 0 saturated heterocycles. The molecule has 0 unspecified atom stereocenters. The zero-order chi connectivity index (χ0) is 20.4. The largest absolute Gasteiger partial charge is 0.504 e. The number of aromatic hydroxyl groups is 1. The van der Waals surface area contributed by atoms with Crippen LogP contribution in [0.25, 0.3) is 10.9 Å². The summed E-state index contributed by atoms with van der Waals surface area (Å²) in [6, 6.07) is 17.8. The second kappa shape index (κ2) is 7.40. The minimum Gasteiger partial charge on any atom is -0.504 e. The van der Waals surface area contributed by atoms with Gasteiger partial charge >= 0.3 is 0 Å². The number of phenols is 1. The second-order valence-electron chi connectivity index (χ2n) is 6.23. The van der Waals surface area contributed by atoms with Gasteiger partial charge in [-0.05, 0) is 42.5 Å². The van der Waals surface area contributed by atoms with Crippen molar-refractivity contribution in [3.05, 3.63) is 73.1 Å². The zero-order valence-electron chi connectivity index (χ0n) is 15.4. The van der Waals surface area contributed by atoms with E-state index < -0.39 is 9.84 Å². The summed E-state index contributed by atoms with van der Waals surface area (Å²) >= 11 is 0. The number of hydrogen-bond donors (Lipinski definition) is 2. The van der Waals surface area contributed by atoms with Crippen molar-refractivity contribution >= 4 is 32.2 Å². The van der Waals surface area contributed by atoms with E-state index in [1.54, 1.807) is 48.5 Å². The first-order valence-electron chi connectivity index (χ1n) is 8.68. The second-order valence-corrected chi connectivity index (χ2v) is 8.18. The Kier molecular flexibility index (Phi) is 4.77. The zero-order valence-corrected chi connectivity index (χ0v) is 16.2. The van der Waals surface area contributed by atoms with E-state index in [1.807, 2.05) is 0 Å². The van der Waals surface area contributed by atoms with Crippen molar-refractivity contribution in [1.29, 1.82) is 0 Å². The fourth-order valence-corrected chi connectivity index (χ4v) is 4.21. The normalized spacial score (nSPS) is 11.3. The standard InChI is InChI=1S/C21H17N3O4S/c1-28-20-12-18-17(11-19(20)25)21(23-13-22-18)24-14-7-9-16(10-8-14)29(26,27)15-5-3-2-4-6-15/h2-13,25H,1H3,(H,22,23,24). The van der Waals surface area contributed by atoms with Gasteiger partial charge in [0, 0.05) is 17.1 Å². The molecule has 0 amide bonds. The van der Waals surface area contributed by atoms with Crippen molar-refractivity contribution in [2.24, 2.45) is 0 Å². The third kappa shape index (κ3) is 3.57. The number of nitrogens with one attached hydrogen (secondary N) is 1. The number of methoxy groups -OCH3 is 1. The van der Waals surface area contributed by atoms with Gasteiger partial charge in [-0.25, -0.2) is 18.4 Å². The molecule has 7 nitrogen and oxygen atoms in total. The van der Waals surface area contributed by atoms with Crippen LogP contribution in [0.15, 0.2) is 82.8 Å². The number of aromatic nitrogens is 2. The van der Waals surface area contributed by atoms with Crippen LogP contribution in [0.3, 0.4) is 0 Å². The maximum absolute atomic E-state index is 12.7. The highest BCUT2D eigenvalue weighted by Gasteiger charge is 2.17. The Morgan fingerprint density at radius 3 is 2.31 bits per heavy atom. The quantitative estimate of drug-likeness (QED) is 0.517. The van der Waals surface area contributed by atoms with Crippen LogP contribution in [0.4, 0.5) is 11.5 Å². The average molecular weight is 407 g/mol. The Morgan fingerprint density at radius 1 is 0.931 bits per heavy atom. The minimum atomic E-state index is -3.58. The van der Waals surface area contributed by atoms with Gasteiger partial charge in [0.2, 0.25) is 9.84 Å². The molecule has 0 aliphatic rings. The van der Waals surface area contributed by atoms with Gasteiger partial charge in [-0.15, -0.1) is 0 Å². The lowest BCUT2D eigenvalue weighted by Gasteiger charge is -2.11. The van der Waals surface area contributed by atoms with Crippen LogP contribution in [0, 0.1) is 0 Å². The van der Waals surface area contributed by atoms with E-state index in [2.05, 4.69) is 15.3 Å². The number of nitrogens with zero attached hydrogens (tertiary/aromatic N) is 2. The van der Waals surface area contributed by atoms with Crippen LogP contribution < -0.4 is 10.1 Å². The number of benzene rings is 3. The third-order valence-corrected chi connectivity index (χ3v) is 6.20. The SMILES string of the molecule is COc1cc2ncnc(Nc3ccc(S(=O)(=O)c4ccccc4)cc3)c2cc1O. The number of ether oxygens (including phenoxy) is 1. The molecule has 0 bridgehead atoms. The van der Waals surface area contributed by atoms with Crippen molar-refractivity contribution in [3.8, 4) is 11.5 Å². The fraction of sp³-hybridized carbons (Fsp3) is 0.0476. The third-order valence-electron chi connectivity index (χ3n) is 4.42. The number of rotatable bonds is 5. The Bertz CT molecular complexity index is 1270. The van der Waals surface area contributed by atoms with Gasteiger partial charge in [-0.3, -0.25) is 0 Å². The van der Waals surface area contributed by atoms with E-state index in [0.29, 0.717) is 28.2 Å². The monoisotopic (exact) mass is 407 g/mol. The number of anilines is 2. The van der Waals surface area contributed by atoms with Gasteiger partial charge < -0.3 is 15.2 Å². The molecule has 0 aliphatic heterocycles. The highest BCUT2D eigenvalue weighted by atomic mass is 32.2. The molecular formula is C21H17N3O4S. The van der Waals surface area contributed by atoms with E-state index >= 15 is 0 Å². The van der Waals surface area contributed by atoms with E-state index in [-0.39, 0.29) is 15.5 Å². The molecular weight excluding hydrogens is 390 g/mol. The fourth-order valence-electron chi connectivity index (χ4n) is 2.93. The predicted octanol–water partition coefficient (Wildman–Crippen LogP) is 3.92. The molecule has 1 heterocycles. The van der Waals surface area contributed by atoms with Crippen molar-refractivity contribution < 1.29 is 18.3 Å². The summed E-state index contributed by atoms with van der Waals surface area (Å²) in [6.45, 7) is 0. The first kappa shape index (κ1) is 18.7. The number of phenolic OH excluding ortho intramolecular Hbond substituents is 1. The van der Waals surface area contributed by atoms with Gasteiger partial charge in [0.1, 0.15) is 12.1 Å². The summed E-state index contributed by atoms with van der Waals surface area (Å²) in [4.78, 5) is 8.86. The number of sulfone groups is 1. The van der Waals surface area contributed by atoms with E-state index in [9.17, 15) is 13.5 Å². The molecule has 0 saturated carbocycles. The first-order chi connectivity index (χ1) is 14.0. The lowest BCUT2D eigenvalue weighted by atomic mass is 10.2. The smallest absolute Gasteiger partial charge is 0.206 e. The Hall–Kier alpha value is -3.65. The number of fused-ring (bicyclic) bond motifs is 1.